The summed E-state index contributed by atoms with van der Waals surface area (Å²) in [7, 11) is 0. The minimum absolute atomic E-state index is 0.266. The quantitative estimate of drug-likeness (QED) is 0.680. The highest BCUT2D eigenvalue weighted by atomic mass is 16.5. The SMILES string of the molecule is CCOc1cccc2cc(C(C)NC(=O)c3cn(C4CCNCC4)nn3)oc12. The molecule has 148 valence electrons. The van der Waals surface area contributed by atoms with Gasteiger partial charge in [-0.2, -0.15) is 0 Å². The van der Waals surface area contributed by atoms with Gasteiger partial charge in [0, 0.05) is 5.39 Å². The van der Waals surface area contributed by atoms with E-state index in [9.17, 15) is 4.79 Å². The van der Waals surface area contributed by atoms with Crippen LogP contribution in [0, 0.1) is 0 Å². The van der Waals surface area contributed by atoms with Crippen molar-refractivity contribution in [3.63, 3.8) is 0 Å². The van der Waals surface area contributed by atoms with Gasteiger partial charge >= 0.3 is 0 Å². The highest BCUT2D eigenvalue weighted by molar-refractivity contribution is 5.92. The molecule has 4 rings (SSSR count). The fourth-order valence-corrected chi connectivity index (χ4v) is 3.51. The fraction of sp³-hybridized carbons (Fsp3) is 0.450. The molecule has 1 fully saturated rings. The smallest absolute Gasteiger partial charge is 0.274 e. The van der Waals surface area contributed by atoms with Crippen LogP contribution in [0.3, 0.4) is 0 Å². The van der Waals surface area contributed by atoms with E-state index in [1.54, 1.807) is 10.9 Å². The maximum atomic E-state index is 12.6. The van der Waals surface area contributed by atoms with Gasteiger partial charge in [0.05, 0.1) is 24.9 Å². The first-order chi connectivity index (χ1) is 13.7. The molecule has 0 saturated carbocycles. The molecule has 1 aliphatic rings. The number of benzene rings is 1. The number of nitrogens with zero attached hydrogens (tertiary/aromatic N) is 3. The van der Waals surface area contributed by atoms with Gasteiger partial charge in [-0.3, -0.25) is 4.79 Å². The van der Waals surface area contributed by atoms with Crippen molar-refractivity contribution in [1.29, 1.82) is 0 Å². The zero-order valence-corrected chi connectivity index (χ0v) is 16.1. The Balaban J connectivity index is 1.46. The molecule has 1 atom stereocenters. The number of carbonyl (C=O) groups is 1. The number of fused-ring (bicyclic) bond motifs is 1. The second-order valence-electron chi connectivity index (χ2n) is 7.02. The number of para-hydroxylation sites is 1. The third-order valence-corrected chi connectivity index (χ3v) is 5.03. The van der Waals surface area contributed by atoms with E-state index in [2.05, 4.69) is 20.9 Å². The largest absolute Gasteiger partial charge is 0.490 e. The number of piperidine rings is 1. The van der Waals surface area contributed by atoms with Gasteiger partial charge in [0.25, 0.3) is 5.91 Å². The van der Waals surface area contributed by atoms with Gasteiger partial charge < -0.3 is 19.8 Å². The van der Waals surface area contributed by atoms with Crippen molar-refractivity contribution in [1.82, 2.24) is 25.6 Å². The summed E-state index contributed by atoms with van der Waals surface area (Å²) in [6, 6.07) is 7.67. The molecule has 0 spiro atoms. The number of rotatable bonds is 6. The number of furan rings is 1. The van der Waals surface area contributed by atoms with E-state index in [-0.39, 0.29) is 11.9 Å². The standard InChI is InChI=1S/C20H25N5O3/c1-3-27-17-6-4-5-14-11-18(28-19(14)17)13(2)22-20(26)16-12-25(24-23-16)15-7-9-21-10-8-15/h4-6,11-13,15,21H,3,7-10H2,1-2H3,(H,22,26). The Bertz CT molecular complexity index is 958. The van der Waals surface area contributed by atoms with E-state index < -0.39 is 0 Å². The van der Waals surface area contributed by atoms with Crippen molar-refractivity contribution >= 4 is 16.9 Å². The summed E-state index contributed by atoms with van der Waals surface area (Å²) in [6.07, 6.45) is 3.70. The van der Waals surface area contributed by atoms with Crippen LogP contribution in [-0.4, -0.2) is 40.6 Å². The van der Waals surface area contributed by atoms with E-state index in [0.717, 1.165) is 31.3 Å². The molecule has 8 nitrogen and oxygen atoms in total. The molecule has 0 radical (unpaired) electrons. The molecule has 0 bridgehead atoms. The van der Waals surface area contributed by atoms with Gasteiger partial charge in [-0.25, -0.2) is 4.68 Å². The van der Waals surface area contributed by atoms with Crippen LogP contribution >= 0.6 is 0 Å². The number of hydrogen-bond donors (Lipinski definition) is 2. The fourth-order valence-electron chi connectivity index (χ4n) is 3.51. The predicted molar refractivity (Wildman–Crippen MR) is 104 cm³/mol. The minimum atomic E-state index is -0.307. The Morgan fingerprint density at radius 1 is 1.43 bits per heavy atom. The Hall–Kier alpha value is -2.87. The third-order valence-electron chi connectivity index (χ3n) is 5.03. The molecule has 3 heterocycles. The van der Waals surface area contributed by atoms with Crippen molar-refractivity contribution in [2.24, 2.45) is 0 Å². The molecule has 2 aromatic heterocycles. The van der Waals surface area contributed by atoms with Crippen molar-refractivity contribution in [3.8, 4) is 5.75 Å². The van der Waals surface area contributed by atoms with Crippen LogP contribution in [-0.2, 0) is 0 Å². The van der Waals surface area contributed by atoms with E-state index in [1.807, 2.05) is 38.1 Å². The Morgan fingerprint density at radius 3 is 3.04 bits per heavy atom. The zero-order chi connectivity index (χ0) is 19.5. The molecule has 3 aromatic rings. The van der Waals surface area contributed by atoms with Crippen LogP contribution < -0.4 is 15.4 Å². The normalized spacial score (nSPS) is 16.2. The lowest BCUT2D eigenvalue weighted by Crippen LogP contribution is -2.29. The summed E-state index contributed by atoms with van der Waals surface area (Å²) in [5.74, 6) is 1.11. The van der Waals surface area contributed by atoms with E-state index in [4.69, 9.17) is 9.15 Å². The number of carbonyl (C=O) groups excluding carboxylic acids is 1. The molecule has 2 N–H and O–H groups in total. The summed E-state index contributed by atoms with van der Waals surface area (Å²) < 4.78 is 13.4. The lowest BCUT2D eigenvalue weighted by Gasteiger charge is -2.22. The number of hydrogen-bond acceptors (Lipinski definition) is 6. The zero-order valence-electron chi connectivity index (χ0n) is 16.1. The van der Waals surface area contributed by atoms with Crippen LogP contribution in [0.15, 0.2) is 34.9 Å². The second kappa shape index (κ2) is 8.02. The first-order valence-electron chi connectivity index (χ1n) is 9.74. The van der Waals surface area contributed by atoms with Gasteiger partial charge in [-0.1, -0.05) is 17.3 Å². The number of aromatic nitrogens is 3. The highest BCUT2D eigenvalue weighted by Crippen LogP contribution is 2.31. The van der Waals surface area contributed by atoms with Crippen LogP contribution in [0.1, 0.15) is 55.0 Å². The summed E-state index contributed by atoms with van der Waals surface area (Å²) in [6.45, 7) is 6.29. The van der Waals surface area contributed by atoms with Crippen molar-refractivity contribution < 1.29 is 13.9 Å². The number of ether oxygens (including phenoxy) is 1. The Labute approximate surface area is 163 Å². The van der Waals surface area contributed by atoms with Crippen LogP contribution in [0.5, 0.6) is 5.75 Å². The maximum absolute atomic E-state index is 12.6. The molecule has 1 saturated heterocycles. The lowest BCUT2D eigenvalue weighted by atomic mass is 10.1. The lowest BCUT2D eigenvalue weighted by molar-refractivity contribution is 0.0930. The molecular weight excluding hydrogens is 358 g/mol. The molecule has 1 aliphatic heterocycles. The first-order valence-corrected chi connectivity index (χ1v) is 9.74. The Morgan fingerprint density at radius 2 is 2.25 bits per heavy atom. The summed E-state index contributed by atoms with van der Waals surface area (Å²) in [5.41, 5.74) is 1.01. The minimum Gasteiger partial charge on any atom is -0.490 e. The van der Waals surface area contributed by atoms with Gasteiger partial charge in [0.2, 0.25) is 0 Å². The average molecular weight is 383 g/mol. The monoisotopic (exact) mass is 383 g/mol. The van der Waals surface area contributed by atoms with E-state index >= 15 is 0 Å². The van der Waals surface area contributed by atoms with Crippen LogP contribution in [0.25, 0.3) is 11.0 Å². The molecule has 8 heteroatoms. The van der Waals surface area contributed by atoms with Crippen molar-refractivity contribution in [3.05, 3.63) is 41.9 Å². The molecule has 28 heavy (non-hydrogen) atoms. The topological polar surface area (TPSA) is 94.2 Å². The summed E-state index contributed by atoms with van der Waals surface area (Å²) in [4.78, 5) is 12.6. The molecule has 0 aliphatic carbocycles. The molecule has 1 aromatic carbocycles. The first kappa shape index (κ1) is 18.5. The number of amides is 1. The van der Waals surface area contributed by atoms with Crippen molar-refractivity contribution in [2.45, 2.75) is 38.8 Å². The van der Waals surface area contributed by atoms with E-state index in [1.165, 1.54) is 0 Å². The molecule has 1 amide bonds. The number of nitrogens with one attached hydrogen (secondary N) is 2. The maximum Gasteiger partial charge on any atom is 0.274 e. The molecule has 1 unspecified atom stereocenters. The van der Waals surface area contributed by atoms with Crippen LogP contribution in [0.2, 0.25) is 0 Å². The van der Waals surface area contributed by atoms with Gasteiger partial charge in [0.15, 0.2) is 17.0 Å². The van der Waals surface area contributed by atoms with Gasteiger partial charge in [-0.05, 0) is 51.9 Å². The third kappa shape index (κ3) is 3.73. The Kier molecular flexibility index (Phi) is 5.29. The second-order valence-corrected chi connectivity index (χ2v) is 7.02. The predicted octanol–water partition coefficient (Wildman–Crippen LogP) is 2.84. The van der Waals surface area contributed by atoms with Gasteiger partial charge in [-0.15, -0.1) is 5.10 Å². The van der Waals surface area contributed by atoms with E-state index in [0.29, 0.717) is 35.4 Å². The van der Waals surface area contributed by atoms with Crippen LogP contribution in [0.4, 0.5) is 0 Å². The molecular formula is C20H25N5O3. The summed E-state index contributed by atoms with van der Waals surface area (Å²) >= 11 is 0. The highest BCUT2D eigenvalue weighted by Gasteiger charge is 2.21. The van der Waals surface area contributed by atoms with Gasteiger partial charge in [0.1, 0.15) is 5.76 Å². The summed E-state index contributed by atoms with van der Waals surface area (Å²) in [5, 5.41) is 15.4. The van der Waals surface area contributed by atoms with Crippen molar-refractivity contribution in [2.75, 3.05) is 19.7 Å². The average Bonchev–Trinajstić information content (AvgIpc) is 3.37.